The van der Waals surface area contributed by atoms with Crippen molar-refractivity contribution < 1.29 is 4.39 Å². The van der Waals surface area contributed by atoms with Crippen LogP contribution in [0.15, 0.2) is 30.3 Å². The molecule has 0 bridgehead atoms. The Bertz CT molecular complexity index is 1040. The third-order valence-electron chi connectivity index (χ3n) is 5.21. The molecule has 7 nitrogen and oxygen atoms in total. The van der Waals surface area contributed by atoms with Gasteiger partial charge in [0.15, 0.2) is 0 Å². The predicted molar refractivity (Wildman–Crippen MR) is 101 cm³/mol. The second-order valence-electron chi connectivity index (χ2n) is 6.83. The maximum Gasteiger partial charge on any atom is 0.244 e. The van der Waals surface area contributed by atoms with Gasteiger partial charge in [0.2, 0.25) is 5.62 Å². The molecule has 4 aliphatic rings. The number of nitrogens with one attached hydrogen (secondary N) is 3. The van der Waals surface area contributed by atoms with Crippen molar-refractivity contribution in [1.82, 2.24) is 19.9 Å². The molecule has 0 radical (unpaired) electrons. The zero-order valence-electron chi connectivity index (χ0n) is 14.8. The van der Waals surface area contributed by atoms with Gasteiger partial charge in [-0.1, -0.05) is 0 Å². The largest absolute Gasteiger partial charge is 0.370 e. The number of nitrogens with zero attached hydrogens (tertiary/aromatic N) is 4. The van der Waals surface area contributed by atoms with E-state index in [0.717, 1.165) is 56.3 Å². The van der Waals surface area contributed by atoms with Crippen LogP contribution in [0, 0.1) is 11.2 Å². The van der Waals surface area contributed by atoms with E-state index in [1.165, 1.54) is 0 Å². The van der Waals surface area contributed by atoms with Crippen LogP contribution in [-0.4, -0.2) is 47.3 Å². The minimum absolute atomic E-state index is 0.101. The number of aromatic nitrogens is 3. The molecule has 27 heavy (non-hydrogen) atoms. The number of halogens is 1. The van der Waals surface area contributed by atoms with Gasteiger partial charge in [-0.15, -0.1) is 0 Å². The summed E-state index contributed by atoms with van der Waals surface area (Å²) in [5.41, 5.74) is 2.41. The molecule has 0 aromatic heterocycles. The summed E-state index contributed by atoms with van der Waals surface area (Å²) in [5.74, 6) is 1.30. The topological polar surface area (TPSA) is 81.9 Å². The van der Waals surface area contributed by atoms with Crippen LogP contribution in [0.2, 0.25) is 0 Å². The first-order chi connectivity index (χ1) is 13.2. The van der Waals surface area contributed by atoms with Gasteiger partial charge in [-0.25, -0.2) is 9.37 Å². The molecule has 5 rings (SSSR count). The lowest BCUT2D eigenvalue weighted by Crippen LogP contribution is -2.43. The number of pyridine rings is 1. The van der Waals surface area contributed by atoms with Gasteiger partial charge in [0, 0.05) is 56.1 Å². The fourth-order valence-corrected chi connectivity index (χ4v) is 3.88. The van der Waals surface area contributed by atoms with Crippen molar-refractivity contribution in [2.24, 2.45) is 0 Å². The molecule has 4 aliphatic heterocycles. The van der Waals surface area contributed by atoms with E-state index in [2.05, 4.69) is 25.5 Å². The second kappa shape index (κ2) is 6.31. The Balaban J connectivity index is 1.61. The van der Waals surface area contributed by atoms with E-state index >= 15 is 4.39 Å². The minimum Gasteiger partial charge on any atom is -0.370 e. The molecule has 0 atom stereocenters. The highest BCUT2D eigenvalue weighted by Gasteiger charge is 2.23. The van der Waals surface area contributed by atoms with Gasteiger partial charge in [0.05, 0.1) is 5.69 Å². The third-order valence-corrected chi connectivity index (χ3v) is 5.21. The summed E-state index contributed by atoms with van der Waals surface area (Å²) in [5, 5.41) is 14.6. The van der Waals surface area contributed by atoms with Crippen LogP contribution in [0.3, 0.4) is 0 Å². The molecule has 0 unspecified atom stereocenters. The van der Waals surface area contributed by atoms with Gasteiger partial charge in [-0.2, -0.15) is 4.98 Å². The van der Waals surface area contributed by atoms with Gasteiger partial charge in [0.1, 0.15) is 17.5 Å². The Labute approximate surface area is 155 Å². The van der Waals surface area contributed by atoms with Gasteiger partial charge in [0.25, 0.3) is 0 Å². The van der Waals surface area contributed by atoms with Crippen LogP contribution in [0.5, 0.6) is 0 Å². The molecule has 1 saturated heterocycles. The van der Waals surface area contributed by atoms with E-state index < -0.39 is 0 Å². The summed E-state index contributed by atoms with van der Waals surface area (Å²) in [7, 11) is 0. The fourth-order valence-electron chi connectivity index (χ4n) is 3.88. The lowest BCUT2D eigenvalue weighted by atomic mass is 10.0. The maximum atomic E-state index is 15.0. The second-order valence-corrected chi connectivity index (χ2v) is 6.83. The van der Waals surface area contributed by atoms with Crippen molar-refractivity contribution in [1.29, 1.82) is 5.41 Å². The van der Waals surface area contributed by atoms with Crippen molar-refractivity contribution in [3.63, 3.8) is 0 Å². The Hall–Kier alpha value is -3.00. The quantitative estimate of drug-likeness (QED) is 0.641. The standard InChI is InChI=1S/C19H20FN7/c20-15-11-12(26-8-5-22-6-9-26)1-2-13(15)17-14-3-4-16-23-7-10-27(16)18(14)25-19(21)24-17/h1-4,11,21-23H,5-10H2. The van der Waals surface area contributed by atoms with Gasteiger partial charge < -0.3 is 20.1 Å². The molecule has 1 aromatic rings. The summed E-state index contributed by atoms with van der Waals surface area (Å²) < 4.78 is 17.1. The lowest BCUT2D eigenvalue weighted by molar-refractivity contribution is 0.585. The van der Waals surface area contributed by atoms with E-state index in [1.807, 2.05) is 22.8 Å². The Morgan fingerprint density at radius 3 is 2.59 bits per heavy atom. The molecule has 1 fully saturated rings. The first-order valence-corrected chi connectivity index (χ1v) is 9.16. The van der Waals surface area contributed by atoms with Crippen LogP contribution in [0.25, 0.3) is 22.6 Å². The first kappa shape index (κ1) is 16.2. The molecule has 0 saturated carbocycles. The molecule has 0 spiro atoms. The zero-order chi connectivity index (χ0) is 18.4. The smallest absolute Gasteiger partial charge is 0.244 e. The van der Waals surface area contributed by atoms with Crippen LogP contribution < -0.4 is 21.2 Å². The van der Waals surface area contributed by atoms with Crippen LogP contribution in [0.1, 0.15) is 0 Å². The molecular formula is C19H20FN7. The molecule has 0 amide bonds. The number of piperazine rings is 1. The minimum atomic E-state index is -0.325. The number of anilines is 2. The van der Waals surface area contributed by atoms with E-state index in [-0.39, 0.29) is 11.4 Å². The highest BCUT2D eigenvalue weighted by molar-refractivity contribution is 5.80. The first-order valence-electron chi connectivity index (χ1n) is 9.16. The highest BCUT2D eigenvalue weighted by atomic mass is 19.1. The third kappa shape index (κ3) is 2.73. The summed E-state index contributed by atoms with van der Waals surface area (Å²) in [6.07, 6.45) is 0. The molecule has 4 heterocycles. The molecule has 8 heteroatoms. The van der Waals surface area contributed by atoms with Crippen molar-refractivity contribution >= 4 is 11.5 Å². The highest BCUT2D eigenvalue weighted by Crippen LogP contribution is 2.35. The summed E-state index contributed by atoms with van der Waals surface area (Å²) in [4.78, 5) is 10.7. The number of hydrogen-bond acceptors (Lipinski definition) is 6. The number of rotatable bonds is 2. The van der Waals surface area contributed by atoms with Crippen LogP contribution in [0.4, 0.5) is 15.9 Å². The van der Waals surface area contributed by atoms with Crippen molar-refractivity contribution in [2.75, 3.05) is 42.9 Å². The predicted octanol–water partition coefficient (Wildman–Crippen LogP) is 1.50. The van der Waals surface area contributed by atoms with Gasteiger partial charge >= 0.3 is 0 Å². The molecule has 0 aliphatic carbocycles. The number of benzene rings is 1. The number of fused-ring (bicyclic) bond motifs is 3. The number of hydrogen-bond donors (Lipinski definition) is 3. The van der Waals surface area contributed by atoms with Crippen LogP contribution in [-0.2, 0) is 6.54 Å². The van der Waals surface area contributed by atoms with Crippen molar-refractivity contribution in [2.45, 2.75) is 6.54 Å². The Morgan fingerprint density at radius 2 is 1.78 bits per heavy atom. The monoisotopic (exact) mass is 365 g/mol. The van der Waals surface area contributed by atoms with E-state index in [9.17, 15) is 0 Å². The van der Waals surface area contributed by atoms with E-state index in [4.69, 9.17) is 5.41 Å². The lowest BCUT2D eigenvalue weighted by Gasteiger charge is -2.29. The molecule has 3 N–H and O–H groups in total. The SMILES string of the molecule is N=c1nc(-c2ccc(N3CCNCC3)cc2F)c2ccc3n(c-2n1)CCN3. The fraction of sp³-hybridized carbons (Fsp3) is 0.316. The summed E-state index contributed by atoms with van der Waals surface area (Å²) in [6, 6.07) is 9.13. The van der Waals surface area contributed by atoms with Gasteiger partial charge in [-0.05, 0) is 30.3 Å². The van der Waals surface area contributed by atoms with Crippen molar-refractivity contribution in [3.8, 4) is 22.6 Å². The Kier molecular flexibility index (Phi) is 3.78. The maximum absolute atomic E-state index is 15.0. The normalized spacial score (nSPS) is 16.4. The average molecular weight is 365 g/mol. The molecule has 138 valence electrons. The van der Waals surface area contributed by atoms with Gasteiger partial charge in [-0.3, -0.25) is 5.41 Å². The average Bonchev–Trinajstić information content (AvgIpc) is 3.17. The van der Waals surface area contributed by atoms with E-state index in [1.54, 1.807) is 12.1 Å². The van der Waals surface area contributed by atoms with Crippen molar-refractivity contribution in [3.05, 3.63) is 41.8 Å². The molecule has 1 aromatic carbocycles. The van der Waals surface area contributed by atoms with Crippen LogP contribution >= 0.6 is 0 Å². The zero-order valence-corrected chi connectivity index (χ0v) is 14.8. The summed E-state index contributed by atoms with van der Waals surface area (Å²) in [6.45, 7) is 5.12. The van der Waals surface area contributed by atoms with E-state index in [0.29, 0.717) is 17.1 Å². The summed E-state index contributed by atoms with van der Waals surface area (Å²) >= 11 is 0. The molecular weight excluding hydrogens is 345 g/mol. The Morgan fingerprint density at radius 1 is 0.963 bits per heavy atom.